The Labute approximate surface area is 200 Å². The molecule has 10 heteroatoms. The monoisotopic (exact) mass is 474 g/mol. The van der Waals surface area contributed by atoms with Crippen LogP contribution in [0.5, 0.6) is 0 Å². The third kappa shape index (κ3) is 3.87. The van der Waals surface area contributed by atoms with Crippen LogP contribution in [0.2, 0.25) is 0 Å². The number of aryl methyl sites for hydroxylation is 3. The van der Waals surface area contributed by atoms with Crippen LogP contribution in [0.3, 0.4) is 0 Å². The first-order valence-electron chi connectivity index (χ1n) is 11.4. The van der Waals surface area contributed by atoms with E-state index in [9.17, 15) is 4.79 Å². The summed E-state index contributed by atoms with van der Waals surface area (Å²) >= 11 is 1.50. The van der Waals surface area contributed by atoms with Crippen LogP contribution in [-0.2, 0) is 12.3 Å². The molecule has 0 spiro atoms. The Morgan fingerprint density at radius 1 is 0.941 bits per heavy atom. The number of para-hydroxylation sites is 2. The summed E-state index contributed by atoms with van der Waals surface area (Å²) in [5.74, 6) is 1.79. The number of hydrogen-bond acceptors (Lipinski definition) is 7. The lowest BCUT2D eigenvalue weighted by atomic mass is 10.1. The third-order valence-electron chi connectivity index (χ3n) is 5.98. The second-order valence-electron chi connectivity index (χ2n) is 8.34. The van der Waals surface area contributed by atoms with Crippen molar-refractivity contribution in [2.45, 2.75) is 57.5 Å². The van der Waals surface area contributed by atoms with Crippen LogP contribution in [-0.4, -0.2) is 39.4 Å². The molecular formula is C24H26N8OS. The summed E-state index contributed by atoms with van der Waals surface area (Å²) in [7, 11) is 0. The van der Waals surface area contributed by atoms with Gasteiger partial charge in [0.2, 0.25) is 5.78 Å². The zero-order valence-electron chi connectivity index (χ0n) is 19.5. The summed E-state index contributed by atoms with van der Waals surface area (Å²) in [6, 6.07) is 13.8. The van der Waals surface area contributed by atoms with Crippen LogP contribution in [0.25, 0.3) is 22.4 Å². The lowest BCUT2D eigenvalue weighted by Crippen LogP contribution is -2.23. The van der Waals surface area contributed by atoms with Crippen LogP contribution >= 0.6 is 11.8 Å². The zero-order valence-corrected chi connectivity index (χ0v) is 20.3. The van der Waals surface area contributed by atoms with Crippen LogP contribution in [0.4, 0.5) is 0 Å². The molecule has 5 rings (SSSR count). The van der Waals surface area contributed by atoms with Gasteiger partial charge in [-0.2, -0.15) is 4.68 Å². The van der Waals surface area contributed by atoms with E-state index < -0.39 is 0 Å². The maximum atomic E-state index is 13.2. The standard InChI is InChI=1S/C24H26N8OS/c1-4-5-8-14-30-22(33)18-12-6-7-13-19(18)31-23(30)26-27-24(31)34-15-20-25-28-29-32(20)21-16(2)10-9-11-17(21)3/h6-7,9-13H,4-5,8,14-15H2,1-3H3. The van der Waals surface area contributed by atoms with Crippen molar-refractivity contribution in [2.75, 3.05) is 0 Å². The van der Waals surface area contributed by atoms with E-state index in [-0.39, 0.29) is 5.56 Å². The highest BCUT2D eigenvalue weighted by Gasteiger charge is 2.19. The van der Waals surface area contributed by atoms with Crippen molar-refractivity contribution < 1.29 is 0 Å². The molecule has 0 amide bonds. The number of benzene rings is 2. The number of aromatic nitrogens is 8. The normalized spacial score (nSPS) is 11.6. The number of nitrogens with zero attached hydrogens (tertiary/aromatic N) is 8. The number of thioether (sulfide) groups is 1. The van der Waals surface area contributed by atoms with Gasteiger partial charge in [0.1, 0.15) is 0 Å². The average Bonchev–Trinajstić information content (AvgIpc) is 3.47. The molecular weight excluding hydrogens is 448 g/mol. The van der Waals surface area contributed by atoms with Gasteiger partial charge >= 0.3 is 0 Å². The van der Waals surface area contributed by atoms with Crippen LogP contribution in [0.15, 0.2) is 52.4 Å². The predicted molar refractivity (Wildman–Crippen MR) is 132 cm³/mol. The Hall–Kier alpha value is -3.53. The molecule has 3 aromatic heterocycles. The van der Waals surface area contributed by atoms with E-state index in [0.29, 0.717) is 28.6 Å². The molecule has 5 aromatic rings. The minimum Gasteiger partial charge on any atom is -0.276 e. The Balaban J connectivity index is 1.55. The summed E-state index contributed by atoms with van der Waals surface area (Å²) in [5.41, 5.74) is 3.98. The van der Waals surface area contributed by atoms with Crippen LogP contribution in [0, 0.1) is 13.8 Å². The van der Waals surface area contributed by atoms with E-state index in [2.05, 4.69) is 58.6 Å². The van der Waals surface area contributed by atoms with E-state index in [0.717, 1.165) is 47.4 Å². The zero-order chi connectivity index (χ0) is 23.7. The van der Waals surface area contributed by atoms with Gasteiger partial charge < -0.3 is 0 Å². The molecule has 9 nitrogen and oxygen atoms in total. The van der Waals surface area contributed by atoms with Crippen molar-refractivity contribution in [1.82, 2.24) is 39.4 Å². The van der Waals surface area contributed by atoms with E-state index >= 15 is 0 Å². The molecule has 0 N–H and O–H groups in total. The summed E-state index contributed by atoms with van der Waals surface area (Å²) in [5, 5.41) is 22.7. The minimum absolute atomic E-state index is 0.0258. The molecule has 0 fully saturated rings. The molecule has 0 atom stereocenters. The van der Waals surface area contributed by atoms with Gasteiger partial charge in [-0.15, -0.1) is 15.3 Å². The molecule has 2 aromatic carbocycles. The van der Waals surface area contributed by atoms with Crippen molar-refractivity contribution in [2.24, 2.45) is 0 Å². The molecule has 0 aliphatic rings. The third-order valence-corrected chi connectivity index (χ3v) is 6.90. The van der Waals surface area contributed by atoms with Crippen molar-refractivity contribution in [3.05, 3.63) is 69.8 Å². The van der Waals surface area contributed by atoms with Crippen molar-refractivity contribution in [1.29, 1.82) is 0 Å². The van der Waals surface area contributed by atoms with Gasteiger partial charge in [-0.05, 0) is 54.0 Å². The smallest absolute Gasteiger partial charge is 0.262 e. The molecule has 0 aliphatic heterocycles. The molecule has 0 aliphatic carbocycles. The Kier molecular flexibility index (Phi) is 6.14. The highest BCUT2D eigenvalue weighted by molar-refractivity contribution is 7.98. The maximum Gasteiger partial charge on any atom is 0.262 e. The quantitative estimate of drug-likeness (QED) is 0.247. The van der Waals surface area contributed by atoms with Crippen LogP contribution in [0.1, 0.15) is 43.1 Å². The number of fused-ring (bicyclic) bond motifs is 3. The van der Waals surface area contributed by atoms with Gasteiger partial charge in [0, 0.05) is 6.54 Å². The van der Waals surface area contributed by atoms with E-state index in [4.69, 9.17) is 0 Å². The topological polar surface area (TPSA) is 95.8 Å². The highest BCUT2D eigenvalue weighted by Crippen LogP contribution is 2.26. The number of hydrogen-bond donors (Lipinski definition) is 0. The molecule has 0 saturated carbocycles. The summed E-state index contributed by atoms with van der Waals surface area (Å²) in [6.45, 7) is 6.87. The van der Waals surface area contributed by atoms with Gasteiger partial charge in [0.15, 0.2) is 11.0 Å². The average molecular weight is 475 g/mol. The Bertz CT molecular complexity index is 1510. The SMILES string of the molecule is CCCCCn1c(=O)c2ccccc2n2c(SCc3nnnn3-c3c(C)cccc3C)nnc12. The largest absolute Gasteiger partial charge is 0.276 e. The first-order valence-corrected chi connectivity index (χ1v) is 12.4. The number of tetrazole rings is 1. The van der Waals surface area contributed by atoms with Gasteiger partial charge in [0.25, 0.3) is 5.56 Å². The highest BCUT2D eigenvalue weighted by atomic mass is 32.2. The Morgan fingerprint density at radius 3 is 2.53 bits per heavy atom. The lowest BCUT2D eigenvalue weighted by molar-refractivity contribution is 0.594. The molecule has 0 saturated heterocycles. The predicted octanol–water partition coefficient (Wildman–Crippen LogP) is 4.12. The Morgan fingerprint density at radius 2 is 1.74 bits per heavy atom. The van der Waals surface area contributed by atoms with Crippen molar-refractivity contribution in [3.63, 3.8) is 0 Å². The minimum atomic E-state index is -0.0258. The number of unbranched alkanes of at least 4 members (excludes halogenated alkanes) is 2. The first-order chi connectivity index (χ1) is 16.6. The maximum absolute atomic E-state index is 13.2. The second-order valence-corrected chi connectivity index (χ2v) is 9.28. The van der Waals surface area contributed by atoms with E-state index in [1.165, 1.54) is 11.8 Å². The molecule has 34 heavy (non-hydrogen) atoms. The molecule has 0 radical (unpaired) electrons. The van der Waals surface area contributed by atoms with E-state index in [1.807, 2.05) is 34.7 Å². The fourth-order valence-corrected chi connectivity index (χ4v) is 5.13. The van der Waals surface area contributed by atoms with Gasteiger partial charge in [0.05, 0.1) is 22.3 Å². The van der Waals surface area contributed by atoms with Gasteiger partial charge in [-0.25, -0.2) is 0 Å². The summed E-state index contributed by atoms with van der Waals surface area (Å²) < 4.78 is 5.51. The molecule has 0 unspecified atom stereocenters. The fourth-order valence-electron chi connectivity index (χ4n) is 4.29. The molecule has 3 heterocycles. The van der Waals surface area contributed by atoms with Crippen LogP contribution < -0.4 is 5.56 Å². The van der Waals surface area contributed by atoms with Gasteiger partial charge in [-0.1, -0.05) is 61.9 Å². The molecule has 174 valence electrons. The lowest BCUT2D eigenvalue weighted by Gasteiger charge is -2.12. The van der Waals surface area contributed by atoms with Gasteiger partial charge in [-0.3, -0.25) is 13.8 Å². The second kappa shape index (κ2) is 9.38. The summed E-state index contributed by atoms with van der Waals surface area (Å²) in [6.07, 6.45) is 3.06. The fraction of sp³-hybridized carbons (Fsp3) is 0.333. The number of rotatable bonds is 8. The van der Waals surface area contributed by atoms with Crippen molar-refractivity contribution >= 4 is 28.4 Å². The molecule has 0 bridgehead atoms. The summed E-state index contributed by atoms with van der Waals surface area (Å²) in [4.78, 5) is 13.2. The first kappa shape index (κ1) is 22.3. The van der Waals surface area contributed by atoms with Crippen molar-refractivity contribution in [3.8, 4) is 5.69 Å². The van der Waals surface area contributed by atoms with E-state index in [1.54, 1.807) is 9.25 Å².